The Labute approximate surface area is 114 Å². The first-order valence-electron chi connectivity index (χ1n) is 6.16. The lowest BCUT2D eigenvalue weighted by molar-refractivity contribution is -0.118. The molecular weight excluding hydrogens is 264 g/mol. The summed E-state index contributed by atoms with van der Waals surface area (Å²) in [5.41, 5.74) is 6.29. The topological polar surface area (TPSA) is 89.3 Å². The third kappa shape index (κ3) is 4.65. The van der Waals surface area contributed by atoms with Gasteiger partial charge in [0.2, 0.25) is 5.91 Å². The average Bonchev–Trinajstić information content (AvgIpc) is 2.36. The van der Waals surface area contributed by atoms with Gasteiger partial charge in [0.05, 0.1) is 4.90 Å². The molecule has 0 spiro atoms. The van der Waals surface area contributed by atoms with Crippen LogP contribution in [0, 0.1) is 0 Å². The Balaban J connectivity index is 2.80. The van der Waals surface area contributed by atoms with Crippen molar-refractivity contribution in [1.29, 1.82) is 0 Å². The molecule has 0 heterocycles. The standard InChI is InChI=1S/C13H20N2O3S/c1-10(2)11-3-5-12(6-4-11)19(17,18)9-13(16)15-8-7-14/h3-6,10H,7-9,14H2,1-2H3,(H,15,16). The highest BCUT2D eigenvalue weighted by Crippen LogP contribution is 2.18. The maximum absolute atomic E-state index is 12.0. The quantitative estimate of drug-likeness (QED) is 0.803. The van der Waals surface area contributed by atoms with E-state index in [0.717, 1.165) is 5.56 Å². The summed E-state index contributed by atoms with van der Waals surface area (Å²) in [6, 6.07) is 6.63. The van der Waals surface area contributed by atoms with Crippen molar-refractivity contribution in [2.24, 2.45) is 5.73 Å². The van der Waals surface area contributed by atoms with Crippen LogP contribution < -0.4 is 11.1 Å². The molecule has 6 heteroatoms. The fourth-order valence-electron chi connectivity index (χ4n) is 1.58. The number of sulfone groups is 1. The molecule has 19 heavy (non-hydrogen) atoms. The minimum absolute atomic E-state index is 0.166. The Hall–Kier alpha value is -1.40. The Morgan fingerprint density at radius 2 is 1.84 bits per heavy atom. The van der Waals surface area contributed by atoms with Gasteiger partial charge >= 0.3 is 0 Å². The van der Waals surface area contributed by atoms with Crippen molar-refractivity contribution in [2.45, 2.75) is 24.7 Å². The summed E-state index contributed by atoms with van der Waals surface area (Å²) in [6.07, 6.45) is 0. The number of carbonyl (C=O) groups is 1. The normalized spacial score (nSPS) is 11.6. The fraction of sp³-hybridized carbons (Fsp3) is 0.462. The second kappa shape index (κ2) is 6.68. The number of carbonyl (C=O) groups excluding carboxylic acids is 1. The van der Waals surface area contributed by atoms with Crippen molar-refractivity contribution in [2.75, 3.05) is 18.8 Å². The molecule has 0 bridgehead atoms. The summed E-state index contributed by atoms with van der Waals surface area (Å²) in [5.74, 6) is -0.739. The van der Waals surface area contributed by atoms with Gasteiger partial charge in [-0.25, -0.2) is 8.42 Å². The second-order valence-electron chi connectivity index (χ2n) is 4.62. The Bertz CT molecular complexity index is 521. The van der Waals surface area contributed by atoms with Crippen molar-refractivity contribution < 1.29 is 13.2 Å². The molecular formula is C13H20N2O3S. The molecule has 1 aromatic rings. The smallest absolute Gasteiger partial charge is 0.235 e. The van der Waals surface area contributed by atoms with Crippen LogP contribution in [-0.2, 0) is 14.6 Å². The molecule has 0 saturated heterocycles. The summed E-state index contributed by atoms with van der Waals surface area (Å²) < 4.78 is 24.0. The molecule has 0 radical (unpaired) electrons. The number of nitrogens with two attached hydrogens (primary N) is 1. The zero-order chi connectivity index (χ0) is 14.5. The molecule has 0 aromatic heterocycles. The molecule has 1 aromatic carbocycles. The molecule has 106 valence electrons. The molecule has 0 aliphatic heterocycles. The van der Waals surface area contributed by atoms with Crippen LogP contribution in [0.25, 0.3) is 0 Å². The van der Waals surface area contributed by atoms with E-state index >= 15 is 0 Å². The highest BCUT2D eigenvalue weighted by atomic mass is 32.2. The molecule has 3 N–H and O–H groups in total. The summed E-state index contributed by atoms with van der Waals surface area (Å²) >= 11 is 0. The predicted molar refractivity (Wildman–Crippen MR) is 74.6 cm³/mol. The molecule has 0 fully saturated rings. The third-order valence-corrected chi connectivity index (χ3v) is 4.33. The highest BCUT2D eigenvalue weighted by molar-refractivity contribution is 7.92. The molecule has 5 nitrogen and oxygen atoms in total. The number of hydrogen-bond acceptors (Lipinski definition) is 4. The third-order valence-electron chi connectivity index (χ3n) is 2.69. The number of nitrogens with one attached hydrogen (secondary N) is 1. The first-order valence-corrected chi connectivity index (χ1v) is 7.81. The van der Waals surface area contributed by atoms with Gasteiger partial charge in [-0.2, -0.15) is 0 Å². The van der Waals surface area contributed by atoms with E-state index in [9.17, 15) is 13.2 Å². The van der Waals surface area contributed by atoms with Crippen LogP contribution in [-0.4, -0.2) is 33.2 Å². The van der Waals surface area contributed by atoms with Crippen LogP contribution in [0.4, 0.5) is 0 Å². The van der Waals surface area contributed by atoms with E-state index in [0.29, 0.717) is 5.92 Å². The van der Waals surface area contributed by atoms with Crippen molar-refractivity contribution in [1.82, 2.24) is 5.32 Å². The number of hydrogen-bond donors (Lipinski definition) is 2. The van der Waals surface area contributed by atoms with E-state index in [2.05, 4.69) is 5.32 Å². The van der Waals surface area contributed by atoms with E-state index in [1.165, 1.54) is 0 Å². The van der Waals surface area contributed by atoms with E-state index in [1.54, 1.807) is 24.3 Å². The minimum atomic E-state index is -3.59. The molecule has 0 saturated carbocycles. The SMILES string of the molecule is CC(C)c1ccc(S(=O)(=O)CC(=O)NCCN)cc1. The monoisotopic (exact) mass is 284 g/mol. The van der Waals surface area contributed by atoms with Crippen molar-refractivity contribution in [3.63, 3.8) is 0 Å². The summed E-state index contributed by atoms with van der Waals surface area (Å²) in [5, 5.41) is 2.44. The van der Waals surface area contributed by atoms with Crippen LogP contribution in [0.3, 0.4) is 0 Å². The number of rotatable bonds is 6. The van der Waals surface area contributed by atoms with Gasteiger partial charge in [-0.3, -0.25) is 4.79 Å². The van der Waals surface area contributed by atoms with Crippen LogP contribution in [0.5, 0.6) is 0 Å². The van der Waals surface area contributed by atoms with Gasteiger partial charge in [0.15, 0.2) is 9.84 Å². The van der Waals surface area contributed by atoms with Crippen LogP contribution in [0.2, 0.25) is 0 Å². The molecule has 1 amide bonds. The number of benzene rings is 1. The average molecular weight is 284 g/mol. The minimum Gasteiger partial charge on any atom is -0.354 e. The Kier molecular flexibility index (Phi) is 5.50. The summed E-state index contributed by atoms with van der Waals surface area (Å²) in [7, 11) is -3.59. The van der Waals surface area contributed by atoms with Crippen LogP contribution in [0.15, 0.2) is 29.2 Å². The van der Waals surface area contributed by atoms with Crippen LogP contribution in [0.1, 0.15) is 25.3 Å². The zero-order valence-electron chi connectivity index (χ0n) is 11.2. The van der Waals surface area contributed by atoms with E-state index in [1.807, 2.05) is 13.8 Å². The molecule has 0 aliphatic rings. The van der Waals surface area contributed by atoms with Crippen LogP contribution >= 0.6 is 0 Å². The maximum Gasteiger partial charge on any atom is 0.235 e. The van der Waals surface area contributed by atoms with Gasteiger partial charge in [0, 0.05) is 13.1 Å². The second-order valence-corrected chi connectivity index (χ2v) is 6.61. The molecule has 0 atom stereocenters. The molecule has 0 unspecified atom stereocenters. The van der Waals surface area contributed by atoms with E-state index < -0.39 is 21.5 Å². The van der Waals surface area contributed by atoms with Gasteiger partial charge < -0.3 is 11.1 Å². The van der Waals surface area contributed by atoms with Gasteiger partial charge in [-0.1, -0.05) is 26.0 Å². The summed E-state index contributed by atoms with van der Waals surface area (Å²) in [6.45, 7) is 4.63. The lowest BCUT2D eigenvalue weighted by Crippen LogP contribution is -2.33. The molecule has 0 aliphatic carbocycles. The van der Waals surface area contributed by atoms with Gasteiger partial charge in [-0.05, 0) is 23.6 Å². The maximum atomic E-state index is 12.0. The first-order chi connectivity index (χ1) is 8.86. The Morgan fingerprint density at radius 1 is 1.26 bits per heavy atom. The lowest BCUT2D eigenvalue weighted by atomic mass is 10.0. The fourth-order valence-corrected chi connectivity index (χ4v) is 2.74. The van der Waals surface area contributed by atoms with Gasteiger partial charge in [0.1, 0.15) is 5.75 Å². The summed E-state index contributed by atoms with van der Waals surface area (Å²) in [4.78, 5) is 11.6. The molecule has 1 rings (SSSR count). The van der Waals surface area contributed by atoms with Gasteiger partial charge in [0.25, 0.3) is 0 Å². The van der Waals surface area contributed by atoms with Gasteiger partial charge in [-0.15, -0.1) is 0 Å². The highest BCUT2D eigenvalue weighted by Gasteiger charge is 2.19. The first kappa shape index (κ1) is 15.7. The number of amides is 1. The van der Waals surface area contributed by atoms with Crippen molar-refractivity contribution >= 4 is 15.7 Å². The van der Waals surface area contributed by atoms with E-state index in [4.69, 9.17) is 5.73 Å². The van der Waals surface area contributed by atoms with Crippen molar-refractivity contribution in [3.05, 3.63) is 29.8 Å². The van der Waals surface area contributed by atoms with Crippen molar-refractivity contribution in [3.8, 4) is 0 Å². The largest absolute Gasteiger partial charge is 0.354 e. The zero-order valence-corrected chi connectivity index (χ0v) is 12.0. The van der Waals surface area contributed by atoms with E-state index in [-0.39, 0.29) is 18.0 Å². The Morgan fingerprint density at radius 3 is 2.32 bits per heavy atom. The predicted octanol–water partition coefficient (Wildman–Crippen LogP) is 0.659. The lowest BCUT2D eigenvalue weighted by Gasteiger charge is -2.08.